The van der Waals surface area contributed by atoms with Gasteiger partial charge in [-0.1, -0.05) is 23.5 Å². The van der Waals surface area contributed by atoms with Crippen LogP contribution in [-0.4, -0.2) is 44.1 Å². The Labute approximate surface area is 127 Å². The zero-order chi connectivity index (χ0) is 15.9. The molecule has 0 aliphatic rings. The van der Waals surface area contributed by atoms with Crippen LogP contribution in [0.25, 0.3) is 0 Å². The summed E-state index contributed by atoms with van der Waals surface area (Å²) in [6.07, 6.45) is 0. The predicted molar refractivity (Wildman–Crippen MR) is 81.0 cm³/mol. The van der Waals surface area contributed by atoms with Gasteiger partial charge in [-0.3, -0.25) is 24.6 Å². The van der Waals surface area contributed by atoms with Crippen molar-refractivity contribution in [3.8, 4) is 0 Å². The summed E-state index contributed by atoms with van der Waals surface area (Å²) in [5.74, 6) is -0.873. The van der Waals surface area contributed by atoms with E-state index in [9.17, 15) is 19.2 Å². The second-order valence-corrected chi connectivity index (χ2v) is 7.30. The third kappa shape index (κ3) is 8.21. The Bertz CT molecular complexity index is 405. The molecule has 20 heavy (non-hydrogen) atoms. The number of amides is 2. The number of hydrazine groups is 1. The highest BCUT2D eigenvalue weighted by Crippen LogP contribution is 2.14. The van der Waals surface area contributed by atoms with E-state index < -0.39 is 11.4 Å². The van der Waals surface area contributed by atoms with Crippen LogP contribution in [0.3, 0.4) is 0 Å². The van der Waals surface area contributed by atoms with Gasteiger partial charge in [0.15, 0.2) is 10.2 Å². The van der Waals surface area contributed by atoms with Gasteiger partial charge >= 0.3 is 0 Å². The molecule has 114 valence electrons. The lowest BCUT2D eigenvalue weighted by molar-refractivity contribution is -0.144. The van der Waals surface area contributed by atoms with Crippen molar-refractivity contribution in [3.05, 3.63) is 0 Å². The summed E-state index contributed by atoms with van der Waals surface area (Å²) < 4.78 is 0. The largest absolute Gasteiger partial charge is 0.288 e. The van der Waals surface area contributed by atoms with E-state index in [-0.39, 0.29) is 27.6 Å². The van der Waals surface area contributed by atoms with Crippen molar-refractivity contribution in [2.24, 2.45) is 0 Å². The van der Waals surface area contributed by atoms with Gasteiger partial charge in [0.1, 0.15) is 0 Å². The molecule has 8 heteroatoms. The monoisotopic (exact) mass is 320 g/mol. The van der Waals surface area contributed by atoms with E-state index >= 15 is 0 Å². The number of rotatable bonds is 4. The molecule has 0 aromatic heterocycles. The first-order valence-corrected chi connectivity index (χ1v) is 7.90. The van der Waals surface area contributed by atoms with E-state index in [1.165, 1.54) is 18.9 Å². The summed E-state index contributed by atoms with van der Waals surface area (Å²) in [5, 5.41) is 0.873. The van der Waals surface area contributed by atoms with Crippen LogP contribution in [0.5, 0.6) is 0 Å². The maximum absolute atomic E-state index is 12.0. The van der Waals surface area contributed by atoms with E-state index in [1.54, 1.807) is 20.8 Å². The van der Waals surface area contributed by atoms with Crippen LogP contribution in [0, 0.1) is 0 Å². The smallest absolute Gasteiger partial charge is 0.251 e. The van der Waals surface area contributed by atoms with Gasteiger partial charge < -0.3 is 0 Å². The zero-order valence-electron chi connectivity index (χ0n) is 12.3. The summed E-state index contributed by atoms with van der Waals surface area (Å²) in [4.78, 5) is 45.4. The van der Waals surface area contributed by atoms with Crippen LogP contribution in [-0.2, 0) is 19.2 Å². The molecule has 0 bridgehead atoms. The first-order valence-electron chi connectivity index (χ1n) is 5.93. The molecule has 0 rings (SSSR count). The number of nitrogens with zero attached hydrogens (tertiary/aromatic N) is 1. The third-order valence-electron chi connectivity index (χ3n) is 1.96. The van der Waals surface area contributed by atoms with Gasteiger partial charge in [-0.15, -0.1) is 0 Å². The van der Waals surface area contributed by atoms with Crippen LogP contribution in [0.15, 0.2) is 0 Å². The Morgan fingerprint density at radius 2 is 1.40 bits per heavy atom. The van der Waals surface area contributed by atoms with Crippen molar-refractivity contribution in [1.82, 2.24) is 10.4 Å². The number of hydrogen-bond acceptors (Lipinski definition) is 6. The van der Waals surface area contributed by atoms with Crippen molar-refractivity contribution in [3.63, 3.8) is 0 Å². The van der Waals surface area contributed by atoms with Crippen LogP contribution < -0.4 is 5.43 Å². The first kappa shape index (κ1) is 19.0. The van der Waals surface area contributed by atoms with Crippen molar-refractivity contribution in [2.45, 2.75) is 40.2 Å². The highest BCUT2D eigenvalue weighted by molar-refractivity contribution is 8.14. The SMILES string of the molecule is CC(=O)SCC(=O)NN(C(=O)CSC(C)=O)C(C)(C)C. The molecule has 6 nitrogen and oxygen atoms in total. The van der Waals surface area contributed by atoms with Crippen LogP contribution >= 0.6 is 23.5 Å². The summed E-state index contributed by atoms with van der Waals surface area (Å²) in [6, 6.07) is 0. The standard InChI is InChI=1S/C12H20N2O4S2/c1-8(15)19-6-10(17)13-14(12(3,4)5)11(18)7-20-9(2)16/h6-7H2,1-5H3,(H,13,17). The van der Waals surface area contributed by atoms with Gasteiger partial charge in [-0.2, -0.15) is 0 Å². The number of hydrogen-bond donors (Lipinski definition) is 1. The molecule has 0 aliphatic heterocycles. The number of thioether (sulfide) groups is 2. The molecule has 1 N–H and O–H groups in total. The van der Waals surface area contributed by atoms with Crippen molar-refractivity contribution < 1.29 is 19.2 Å². The Morgan fingerprint density at radius 3 is 1.80 bits per heavy atom. The minimum atomic E-state index is -0.620. The van der Waals surface area contributed by atoms with Gasteiger partial charge in [0.05, 0.1) is 17.0 Å². The van der Waals surface area contributed by atoms with Crippen molar-refractivity contribution in [2.75, 3.05) is 11.5 Å². The van der Waals surface area contributed by atoms with Crippen LogP contribution in [0.2, 0.25) is 0 Å². The normalized spacial score (nSPS) is 10.8. The molecule has 0 aromatic rings. The Balaban J connectivity index is 4.65. The minimum absolute atomic E-state index is 0.0350. The maximum atomic E-state index is 12.0. The zero-order valence-corrected chi connectivity index (χ0v) is 13.9. The summed E-state index contributed by atoms with van der Waals surface area (Å²) in [6.45, 7) is 8.04. The highest BCUT2D eigenvalue weighted by Gasteiger charge is 2.28. The van der Waals surface area contributed by atoms with E-state index in [2.05, 4.69) is 5.43 Å². The fourth-order valence-corrected chi connectivity index (χ4v) is 2.01. The lowest BCUT2D eigenvalue weighted by atomic mass is 10.1. The van der Waals surface area contributed by atoms with Gasteiger partial charge in [-0.25, -0.2) is 5.01 Å². The molecular formula is C12H20N2O4S2. The Kier molecular flexibility index (Phi) is 7.88. The van der Waals surface area contributed by atoms with E-state index in [0.29, 0.717) is 0 Å². The van der Waals surface area contributed by atoms with Crippen molar-refractivity contribution >= 4 is 45.6 Å². The molecule has 0 saturated carbocycles. The summed E-state index contributed by atoms with van der Waals surface area (Å²) >= 11 is 1.76. The number of carbonyl (C=O) groups excluding carboxylic acids is 4. The number of carbonyl (C=O) groups is 4. The van der Waals surface area contributed by atoms with Gasteiger partial charge in [0.2, 0.25) is 5.91 Å². The molecule has 0 fully saturated rings. The quantitative estimate of drug-likeness (QED) is 0.784. The Morgan fingerprint density at radius 1 is 0.950 bits per heavy atom. The Hall–Kier alpha value is -1.02. The van der Waals surface area contributed by atoms with Crippen molar-refractivity contribution in [1.29, 1.82) is 0 Å². The van der Waals surface area contributed by atoms with Gasteiger partial charge in [-0.05, 0) is 20.8 Å². The van der Waals surface area contributed by atoms with E-state index in [1.807, 2.05) is 0 Å². The van der Waals surface area contributed by atoms with E-state index in [0.717, 1.165) is 23.5 Å². The van der Waals surface area contributed by atoms with Crippen LogP contribution in [0.1, 0.15) is 34.6 Å². The highest BCUT2D eigenvalue weighted by atomic mass is 32.2. The molecular weight excluding hydrogens is 300 g/mol. The first-order chi connectivity index (χ1) is 9.04. The maximum Gasteiger partial charge on any atom is 0.251 e. The fourth-order valence-electron chi connectivity index (χ4n) is 1.16. The molecule has 0 unspecified atom stereocenters. The predicted octanol–water partition coefficient (Wildman–Crippen LogP) is 1.20. The lowest BCUT2D eigenvalue weighted by Crippen LogP contribution is -2.57. The molecule has 0 aliphatic carbocycles. The second kappa shape index (κ2) is 8.31. The lowest BCUT2D eigenvalue weighted by Gasteiger charge is -2.35. The molecule has 2 amide bonds. The van der Waals surface area contributed by atoms with Gasteiger partial charge in [0.25, 0.3) is 5.91 Å². The second-order valence-electron chi connectivity index (χ2n) is 5.00. The minimum Gasteiger partial charge on any atom is -0.288 e. The average molecular weight is 320 g/mol. The molecule has 0 radical (unpaired) electrons. The molecule has 0 spiro atoms. The average Bonchev–Trinajstić information content (AvgIpc) is 2.28. The molecule has 0 atom stereocenters. The third-order valence-corrected chi connectivity index (χ3v) is 3.57. The fraction of sp³-hybridized carbons (Fsp3) is 0.667. The molecule has 0 heterocycles. The summed E-state index contributed by atoms with van der Waals surface area (Å²) in [5.41, 5.74) is 1.86. The topological polar surface area (TPSA) is 83.6 Å². The van der Waals surface area contributed by atoms with E-state index in [4.69, 9.17) is 0 Å². The van der Waals surface area contributed by atoms with Crippen LogP contribution in [0.4, 0.5) is 0 Å². The van der Waals surface area contributed by atoms with Gasteiger partial charge in [0, 0.05) is 13.8 Å². The molecule has 0 aromatic carbocycles. The summed E-state index contributed by atoms with van der Waals surface area (Å²) in [7, 11) is 0. The molecule has 0 saturated heterocycles. The number of nitrogens with one attached hydrogen (secondary N) is 1.